The lowest BCUT2D eigenvalue weighted by Gasteiger charge is -2.05. The lowest BCUT2D eigenvalue weighted by atomic mass is 10.5. The van der Waals surface area contributed by atoms with Crippen LogP contribution in [-0.4, -0.2) is 49.2 Å². The van der Waals surface area contributed by atoms with Crippen molar-refractivity contribution in [2.45, 2.75) is 40.0 Å². The number of thioether (sulfide) groups is 8. The molecule has 0 N–H and O–H groups in total. The summed E-state index contributed by atoms with van der Waals surface area (Å²) in [5.41, 5.74) is 0. The van der Waals surface area contributed by atoms with E-state index in [1.165, 1.54) is 12.7 Å². The average molecular weight is 617 g/mol. The summed E-state index contributed by atoms with van der Waals surface area (Å²) in [5, 5.41) is 0. The number of carbonyl (C=O) groups is 2. The summed E-state index contributed by atoms with van der Waals surface area (Å²) in [7, 11) is 0. The lowest BCUT2D eigenvalue weighted by Crippen LogP contribution is -2.04. The van der Waals surface area contributed by atoms with Crippen molar-refractivity contribution in [3.8, 4) is 0 Å². The zero-order valence-electron chi connectivity index (χ0n) is 20.1. The monoisotopic (exact) mass is 616 g/mol. The van der Waals surface area contributed by atoms with Crippen LogP contribution in [0.5, 0.6) is 0 Å². The summed E-state index contributed by atoms with van der Waals surface area (Å²) in [6.07, 6.45) is 8.54. The molecule has 2 rings (SSSR count). The largest absolute Gasteiger partial charge is 0.466 e. The Balaban J connectivity index is 0.000000404. The summed E-state index contributed by atoms with van der Waals surface area (Å²) < 4.78 is 17.6. The van der Waals surface area contributed by atoms with Gasteiger partial charge in [0, 0.05) is 20.0 Å². The zero-order valence-corrected chi connectivity index (χ0v) is 26.7. The van der Waals surface area contributed by atoms with Gasteiger partial charge in [0.25, 0.3) is 0 Å². The molecule has 0 unspecified atom stereocenters. The molecule has 0 aliphatic carbocycles. The normalized spacial score (nSPS) is 15.4. The van der Waals surface area contributed by atoms with Crippen molar-refractivity contribution in [2.75, 3.05) is 37.2 Å². The van der Waals surface area contributed by atoms with Gasteiger partial charge in [-0.25, -0.2) is 0 Å². The molecule has 0 saturated carbocycles. The first kappa shape index (κ1) is 32.7. The molecular weight excluding hydrogens is 585 g/mol. The van der Waals surface area contributed by atoms with Gasteiger partial charge in [0.05, 0.1) is 43.0 Å². The fraction of sp³-hybridized carbons (Fsp3) is 0.545. The minimum atomic E-state index is -0.165. The second kappa shape index (κ2) is 19.8. The van der Waals surface area contributed by atoms with Crippen molar-refractivity contribution < 1.29 is 19.1 Å². The van der Waals surface area contributed by atoms with E-state index in [0.29, 0.717) is 37.6 Å². The molecule has 34 heavy (non-hydrogen) atoms. The molecule has 0 aromatic carbocycles. The second-order valence-corrected chi connectivity index (χ2v) is 15.8. The molecule has 0 aromatic heterocycles. The smallest absolute Gasteiger partial charge is 0.306 e. The maximum atomic E-state index is 11.3. The van der Waals surface area contributed by atoms with Crippen LogP contribution in [-0.2, 0) is 19.1 Å². The van der Waals surface area contributed by atoms with Crippen molar-refractivity contribution in [3.05, 3.63) is 38.1 Å². The Morgan fingerprint density at radius 1 is 0.794 bits per heavy atom. The lowest BCUT2D eigenvalue weighted by molar-refractivity contribution is -0.143. The highest BCUT2D eigenvalue weighted by molar-refractivity contribution is 8.41. The fourth-order valence-corrected chi connectivity index (χ4v) is 12.7. The van der Waals surface area contributed by atoms with Crippen LogP contribution >= 0.6 is 94.1 Å². The summed E-state index contributed by atoms with van der Waals surface area (Å²) in [6.45, 7) is 10.6. The van der Waals surface area contributed by atoms with Crippen molar-refractivity contribution in [1.29, 1.82) is 0 Å². The van der Waals surface area contributed by atoms with Crippen LogP contribution in [0.25, 0.3) is 0 Å². The summed E-state index contributed by atoms with van der Waals surface area (Å²) in [6, 6.07) is 0. The summed E-state index contributed by atoms with van der Waals surface area (Å²) in [5.74, 6) is 1.05. The molecule has 0 fully saturated rings. The minimum Gasteiger partial charge on any atom is -0.466 e. The number of allylic oxidation sites excluding steroid dienone is 1. The van der Waals surface area contributed by atoms with E-state index in [4.69, 9.17) is 9.47 Å². The van der Waals surface area contributed by atoms with E-state index >= 15 is 0 Å². The highest BCUT2D eigenvalue weighted by Crippen LogP contribution is 2.57. The Hall–Kier alpha value is 0.700. The van der Waals surface area contributed by atoms with Crippen LogP contribution in [0.1, 0.15) is 40.0 Å². The van der Waals surface area contributed by atoms with Crippen molar-refractivity contribution in [2.24, 2.45) is 0 Å². The third-order valence-electron chi connectivity index (χ3n) is 3.56. The van der Waals surface area contributed by atoms with Gasteiger partial charge in [0.1, 0.15) is 0 Å². The van der Waals surface area contributed by atoms with Crippen LogP contribution in [0.3, 0.4) is 0 Å². The Morgan fingerprint density at radius 3 is 1.59 bits per heavy atom. The fourth-order valence-electron chi connectivity index (χ4n) is 2.20. The third kappa shape index (κ3) is 13.3. The predicted molar refractivity (Wildman–Crippen MR) is 166 cm³/mol. The highest BCUT2D eigenvalue weighted by atomic mass is 32.3. The van der Waals surface area contributed by atoms with Crippen LogP contribution < -0.4 is 0 Å². The van der Waals surface area contributed by atoms with Gasteiger partial charge in [-0.05, 0) is 32.8 Å². The van der Waals surface area contributed by atoms with E-state index in [1.54, 1.807) is 60.9 Å². The number of esters is 2. The Bertz CT molecular complexity index is 736. The van der Waals surface area contributed by atoms with Crippen molar-refractivity contribution in [1.82, 2.24) is 0 Å². The molecule has 0 spiro atoms. The maximum absolute atomic E-state index is 11.3. The zero-order chi connectivity index (χ0) is 25.3. The molecule has 2 heterocycles. The van der Waals surface area contributed by atoms with E-state index in [1.807, 2.05) is 47.0 Å². The second-order valence-electron chi connectivity index (χ2n) is 6.08. The highest BCUT2D eigenvalue weighted by Gasteiger charge is 2.21. The van der Waals surface area contributed by atoms with Crippen LogP contribution in [0.4, 0.5) is 0 Å². The van der Waals surface area contributed by atoms with Crippen molar-refractivity contribution >= 4 is 106 Å². The quantitative estimate of drug-likeness (QED) is 0.186. The standard InChI is InChI=1S/C14H20O4S4.C8H12S4/c1-4-17-11(15)6-8-19-13-14(22-10(3)21-13)20-9-7-12(16)18-5-2;1-4-5-6-11-7(9-2)8(10-3)12-6/h3-9H2,1-2H3;5H,4H2,1-3H3. The molecular formula is C22H32O4S8. The first-order chi connectivity index (χ1) is 16.4. The molecule has 192 valence electrons. The molecule has 12 heteroatoms. The Morgan fingerprint density at radius 2 is 1.24 bits per heavy atom. The molecule has 0 atom stereocenters. The van der Waals surface area contributed by atoms with Crippen LogP contribution in [0.15, 0.2) is 38.1 Å². The van der Waals surface area contributed by atoms with Crippen LogP contribution in [0, 0.1) is 0 Å². The first-order valence-corrected chi connectivity index (χ1v) is 18.3. The summed E-state index contributed by atoms with van der Waals surface area (Å²) >= 11 is 14.1. The molecule has 4 nitrogen and oxygen atoms in total. The molecule has 0 saturated heterocycles. The van der Waals surface area contributed by atoms with Gasteiger partial charge in [-0.1, -0.05) is 66.6 Å². The van der Waals surface area contributed by atoms with Gasteiger partial charge >= 0.3 is 11.9 Å². The van der Waals surface area contributed by atoms with E-state index in [2.05, 4.69) is 32.1 Å². The van der Waals surface area contributed by atoms with Gasteiger partial charge in [0.2, 0.25) is 0 Å². The van der Waals surface area contributed by atoms with E-state index in [0.717, 1.165) is 19.1 Å². The molecule has 0 aromatic rings. The van der Waals surface area contributed by atoms with Gasteiger partial charge in [0.15, 0.2) is 0 Å². The van der Waals surface area contributed by atoms with Crippen LogP contribution in [0.2, 0.25) is 0 Å². The number of hydrogen-bond donors (Lipinski definition) is 0. The van der Waals surface area contributed by atoms with E-state index in [-0.39, 0.29) is 11.9 Å². The number of hydrogen-bond acceptors (Lipinski definition) is 12. The molecule has 2 aliphatic heterocycles. The minimum absolute atomic E-state index is 0.165. The molecule has 0 amide bonds. The van der Waals surface area contributed by atoms with Gasteiger partial charge < -0.3 is 9.47 Å². The summed E-state index contributed by atoms with van der Waals surface area (Å²) in [4.78, 5) is 22.7. The van der Waals surface area contributed by atoms with Gasteiger partial charge in [-0.15, -0.1) is 47.0 Å². The topological polar surface area (TPSA) is 52.6 Å². The van der Waals surface area contributed by atoms with Crippen molar-refractivity contribution in [3.63, 3.8) is 0 Å². The van der Waals surface area contributed by atoms with Gasteiger partial charge in [-0.3, -0.25) is 9.59 Å². The predicted octanol–water partition coefficient (Wildman–Crippen LogP) is 9.01. The van der Waals surface area contributed by atoms with E-state index < -0.39 is 0 Å². The SMILES string of the molecule is C=C1SC(SCCC(=O)OCC)=C(SCCC(=O)OCC)S1.CCC=C1SC(SC)=C(SC)S1. The Kier molecular flexibility index (Phi) is 19.0. The van der Waals surface area contributed by atoms with Gasteiger partial charge in [-0.2, -0.15) is 0 Å². The third-order valence-corrected chi connectivity index (χ3v) is 14.0. The average Bonchev–Trinajstić information content (AvgIpc) is 3.37. The maximum Gasteiger partial charge on any atom is 0.306 e. The number of rotatable bonds is 13. The first-order valence-electron chi connectivity index (χ1n) is 10.6. The molecule has 0 radical (unpaired) electrons. The molecule has 2 aliphatic rings. The number of ether oxygens (including phenoxy) is 2. The number of carbonyl (C=O) groups excluding carboxylic acids is 2. The van der Waals surface area contributed by atoms with E-state index in [9.17, 15) is 9.59 Å². The Labute approximate surface area is 238 Å². The molecule has 0 bridgehead atoms.